The number of benzene rings is 1. The van der Waals surface area contributed by atoms with Gasteiger partial charge in [0.1, 0.15) is 11.6 Å². The summed E-state index contributed by atoms with van der Waals surface area (Å²) in [4.78, 5) is 10.3. The highest BCUT2D eigenvalue weighted by Gasteiger charge is 2.48. The van der Waals surface area contributed by atoms with Crippen molar-refractivity contribution in [2.45, 2.75) is 39.3 Å². The van der Waals surface area contributed by atoms with Crippen molar-refractivity contribution < 1.29 is 9.66 Å². The molecule has 1 aromatic rings. The van der Waals surface area contributed by atoms with Crippen LogP contribution in [0.25, 0.3) is 0 Å². The fourth-order valence-electron chi connectivity index (χ4n) is 2.69. The molecule has 6 heteroatoms. The maximum absolute atomic E-state index is 10.8. The standard InChI is InChI=1S/C15H19N3O3/c1-4-21-14-8-13(15(14,2)3)17-11-5-6-12(18(19)20)10(7-11)9-16/h5-7,13-14,17H,4,8H2,1-3H3. The quantitative estimate of drug-likeness (QED) is 0.664. The molecule has 112 valence electrons. The van der Waals surface area contributed by atoms with Gasteiger partial charge in [-0.1, -0.05) is 13.8 Å². The molecule has 1 saturated carbocycles. The highest BCUT2D eigenvalue weighted by molar-refractivity contribution is 5.59. The summed E-state index contributed by atoms with van der Waals surface area (Å²) < 4.78 is 5.67. The molecule has 0 bridgehead atoms. The van der Waals surface area contributed by atoms with E-state index in [1.807, 2.05) is 13.0 Å². The zero-order valence-electron chi connectivity index (χ0n) is 12.4. The predicted molar refractivity (Wildman–Crippen MR) is 79.0 cm³/mol. The lowest BCUT2D eigenvalue weighted by atomic mass is 9.64. The normalized spacial score (nSPS) is 23.0. The Balaban J connectivity index is 2.12. The molecular formula is C15H19N3O3. The zero-order valence-corrected chi connectivity index (χ0v) is 12.4. The zero-order chi connectivity index (χ0) is 15.6. The number of anilines is 1. The summed E-state index contributed by atoms with van der Waals surface area (Å²) >= 11 is 0. The summed E-state index contributed by atoms with van der Waals surface area (Å²) in [5.74, 6) is 0. The van der Waals surface area contributed by atoms with Crippen LogP contribution in [0.4, 0.5) is 11.4 Å². The minimum absolute atomic E-state index is 0.00933. The average Bonchev–Trinajstić information content (AvgIpc) is 2.45. The van der Waals surface area contributed by atoms with Crippen molar-refractivity contribution >= 4 is 11.4 Å². The lowest BCUT2D eigenvalue weighted by Crippen LogP contribution is -2.58. The van der Waals surface area contributed by atoms with Crippen LogP contribution in [0.1, 0.15) is 32.8 Å². The Morgan fingerprint density at radius 1 is 1.57 bits per heavy atom. The maximum Gasteiger partial charge on any atom is 0.287 e. The van der Waals surface area contributed by atoms with Crippen LogP contribution in [-0.2, 0) is 4.74 Å². The fraction of sp³-hybridized carbons (Fsp3) is 0.533. The molecule has 1 N–H and O–H groups in total. The van der Waals surface area contributed by atoms with E-state index in [1.54, 1.807) is 6.07 Å². The van der Waals surface area contributed by atoms with Crippen LogP contribution in [0.2, 0.25) is 0 Å². The molecule has 2 atom stereocenters. The van der Waals surface area contributed by atoms with Gasteiger partial charge in [0.25, 0.3) is 5.69 Å². The molecule has 0 aliphatic heterocycles. The predicted octanol–water partition coefficient (Wildman–Crippen LogP) is 3.08. The van der Waals surface area contributed by atoms with Crippen LogP contribution in [-0.4, -0.2) is 23.7 Å². The van der Waals surface area contributed by atoms with E-state index in [-0.39, 0.29) is 28.8 Å². The number of nitrogens with one attached hydrogen (secondary N) is 1. The molecule has 1 aromatic carbocycles. The summed E-state index contributed by atoms with van der Waals surface area (Å²) in [7, 11) is 0. The van der Waals surface area contributed by atoms with Gasteiger partial charge in [0.2, 0.25) is 0 Å². The Labute approximate surface area is 123 Å². The lowest BCUT2D eigenvalue weighted by Gasteiger charge is -2.52. The third-order valence-electron chi connectivity index (χ3n) is 4.20. The SMILES string of the molecule is CCOC1CC(Nc2ccc([N+](=O)[O-])c(C#N)c2)C1(C)C. The van der Waals surface area contributed by atoms with Crippen LogP contribution in [0, 0.1) is 26.9 Å². The molecule has 1 fully saturated rings. The third kappa shape index (κ3) is 2.83. The van der Waals surface area contributed by atoms with E-state index in [9.17, 15) is 10.1 Å². The van der Waals surface area contributed by atoms with Crippen molar-refractivity contribution in [2.75, 3.05) is 11.9 Å². The van der Waals surface area contributed by atoms with E-state index >= 15 is 0 Å². The van der Waals surface area contributed by atoms with Gasteiger partial charge >= 0.3 is 0 Å². The lowest BCUT2D eigenvalue weighted by molar-refractivity contribution is -0.385. The van der Waals surface area contributed by atoms with Gasteiger partial charge in [-0.15, -0.1) is 0 Å². The molecule has 6 nitrogen and oxygen atoms in total. The number of rotatable bonds is 5. The monoisotopic (exact) mass is 289 g/mol. The Kier molecular flexibility index (Phi) is 4.14. The van der Waals surface area contributed by atoms with Gasteiger partial charge in [-0.25, -0.2) is 0 Å². The number of hydrogen-bond donors (Lipinski definition) is 1. The minimum atomic E-state index is -0.541. The van der Waals surface area contributed by atoms with Crippen LogP contribution < -0.4 is 5.32 Å². The van der Waals surface area contributed by atoms with Crippen LogP contribution in [0.15, 0.2) is 18.2 Å². The number of nitrogens with zero attached hydrogens (tertiary/aromatic N) is 2. The van der Waals surface area contributed by atoms with Crippen LogP contribution in [0.5, 0.6) is 0 Å². The fourth-order valence-corrected chi connectivity index (χ4v) is 2.69. The molecule has 0 heterocycles. The number of ether oxygens (including phenoxy) is 1. The molecule has 2 unspecified atom stereocenters. The second kappa shape index (κ2) is 5.70. The summed E-state index contributed by atoms with van der Waals surface area (Å²) in [5.41, 5.74) is 0.627. The number of nitro benzene ring substituents is 1. The Bertz CT molecular complexity index is 592. The topological polar surface area (TPSA) is 88.2 Å². The highest BCUT2D eigenvalue weighted by atomic mass is 16.6. The van der Waals surface area contributed by atoms with Gasteiger partial charge in [0.05, 0.1) is 11.0 Å². The second-order valence-electron chi connectivity index (χ2n) is 5.80. The van der Waals surface area contributed by atoms with Crippen LogP contribution >= 0.6 is 0 Å². The third-order valence-corrected chi connectivity index (χ3v) is 4.20. The molecule has 0 spiro atoms. The van der Waals surface area contributed by atoms with E-state index in [0.29, 0.717) is 6.61 Å². The van der Waals surface area contributed by atoms with Crippen molar-refractivity contribution in [3.63, 3.8) is 0 Å². The van der Waals surface area contributed by atoms with Gasteiger partial charge in [-0.3, -0.25) is 10.1 Å². The molecule has 0 amide bonds. The van der Waals surface area contributed by atoms with Crippen molar-refractivity contribution in [3.8, 4) is 6.07 Å². The van der Waals surface area contributed by atoms with E-state index in [1.165, 1.54) is 12.1 Å². The van der Waals surface area contributed by atoms with Gasteiger partial charge in [-0.05, 0) is 25.5 Å². The maximum atomic E-state index is 10.8. The summed E-state index contributed by atoms with van der Waals surface area (Å²) in [6.07, 6.45) is 1.10. The van der Waals surface area contributed by atoms with Crippen molar-refractivity contribution in [1.82, 2.24) is 0 Å². The van der Waals surface area contributed by atoms with Crippen molar-refractivity contribution in [2.24, 2.45) is 5.41 Å². The summed E-state index contributed by atoms with van der Waals surface area (Å²) in [5, 5.41) is 23.2. The first-order valence-electron chi connectivity index (χ1n) is 6.96. The first kappa shape index (κ1) is 15.3. The summed E-state index contributed by atoms with van der Waals surface area (Å²) in [6.45, 7) is 6.93. The van der Waals surface area contributed by atoms with Gasteiger partial charge in [0.15, 0.2) is 0 Å². The van der Waals surface area contributed by atoms with Gasteiger partial charge in [0, 0.05) is 29.8 Å². The van der Waals surface area contributed by atoms with Gasteiger partial charge in [-0.2, -0.15) is 5.26 Å². The highest BCUT2D eigenvalue weighted by Crippen LogP contribution is 2.44. The first-order valence-corrected chi connectivity index (χ1v) is 6.96. The molecule has 0 aromatic heterocycles. The molecule has 21 heavy (non-hydrogen) atoms. The Hall–Kier alpha value is -2.13. The molecule has 1 aliphatic rings. The molecular weight excluding hydrogens is 270 g/mol. The molecule has 1 aliphatic carbocycles. The molecule has 2 rings (SSSR count). The van der Waals surface area contributed by atoms with Crippen molar-refractivity contribution in [3.05, 3.63) is 33.9 Å². The van der Waals surface area contributed by atoms with Crippen LogP contribution in [0.3, 0.4) is 0 Å². The number of nitriles is 1. The number of nitro groups is 1. The summed E-state index contributed by atoms with van der Waals surface area (Å²) in [6, 6.07) is 6.63. The Morgan fingerprint density at radius 2 is 2.29 bits per heavy atom. The molecule has 0 saturated heterocycles. The smallest absolute Gasteiger partial charge is 0.287 e. The van der Waals surface area contributed by atoms with E-state index < -0.39 is 4.92 Å². The first-order chi connectivity index (χ1) is 9.90. The Morgan fingerprint density at radius 3 is 2.81 bits per heavy atom. The second-order valence-corrected chi connectivity index (χ2v) is 5.80. The minimum Gasteiger partial charge on any atom is -0.382 e. The van der Waals surface area contributed by atoms with Crippen molar-refractivity contribution in [1.29, 1.82) is 5.26 Å². The number of hydrogen-bond acceptors (Lipinski definition) is 5. The van der Waals surface area contributed by atoms with E-state index in [2.05, 4.69) is 19.2 Å². The largest absolute Gasteiger partial charge is 0.382 e. The van der Waals surface area contributed by atoms with E-state index in [0.717, 1.165) is 12.1 Å². The average molecular weight is 289 g/mol. The molecule has 0 radical (unpaired) electrons. The van der Waals surface area contributed by atoms with Gasteiger partial charge < -0.3 is 10.1 Å². The van der Waals surface area contributed by atoms with E-state index in [4.69, 9.17) is 10.00 Å².